The van der Waals surface area contributed by atoms with E-state index >= 15 is 0 Å². The molecule has 112 valence electrons. The zero-order chi connectivity index (χ0) is 15.6. The number of aromatic nitrogens is 1. The molecular weight excluding hydrogens is 344 g/mol. The van der Waals surface area contributed by atoms with Crippen LogP contribution in [-0.2, 0) is 11.3 Å². The zero-order valence-electron chi connectivity index (χ0n) is 11.9. The molecule has 1 N–H and O–H groups in total. The number of ether oxygens (including phenoxy) is 1. The van der Waals surface area contributed by atoms with Gasteiger partial charge in [-0.3, -0.25) is 0 Å². The summed E-state index contributed by atoms with van der Waals surface area (Å²) in [4.78, 5) is 15.6. The molecule has 0 spiro atoms. The van der Waals surface area contributed by atoms with Crippen molar-refractivity contribution in [3.8, 4) is 11.8 Å². The van der Waals surface area contributed by atoms with E-state index in [1.165, 1.54) is 0 Å². The van der Waals surface area contributed by atoms with Crippen molar-refractivity contribution >= 4 is 22.0 Å². The van der Waals surface area contributed by atoms with Crippen molar-refractivity contribution in [1.82, 2.24) is 10.3 Å². The highest BCUT2D eigenvalue weighted by Crippen LogP contribution is 2.10. The summed E-state index contributed by atoms with van der Waals surface area (Å²) in [7, 11) is 0. The third-order valence-electron chi connectivity index (χ3n) is 2.71. The Balaban J connectivity index is 1.67. The van der Waals surface area contributed by atoms with Gasteiger partial charge in [0.15, 0.2) is 0 Å². The second-order valence-electron chi connectivity index (χ2n) is 4.38. The standard InChI is InChI=1S/C17H15BrN2O2/c18-16-15(10-6-12-19-16)9-4-5-11-20-17(21)22-13-14-7-2-1-3-8-14/h1-3,6-8,10,12H,5,11,13H2,(H,20,21). The molecule has 0 radical (unpaired) electrons. The lowest BCUT2D eigenvalue weighted by atomic mass is 10.2. The summed E-state index contributed by atoms with van der Waals surface area (Å²) in [5, 5.41) is 2.66. The minimum atomic E-state index is -0.437. The molecule has 2 aromatic rings. The molecule has 1 heterocycles. The SMILES string of the molecule is O=C(NCCC#Cc1cccnc1Br)OCc1ccccc1. The van der Waals surface area contributed by atoms with E-state index < -0.39 is 6.09 Å². The van der Waals surface area contributed by atoms with Gasteiger partial charge in [-0.05, 0) is 33.6 Å². The van der Waals surface area contributed by atoms with Crippen LogP contribution in [0.25, 0.3) is 0 Å². The van der Waals surface area contributed by atoms with Crippen LogP contribution in [0.15, 0.2) is 53.3 Å². The average molecular weight is 359 g/mol. The predicted molar refractivity (Wildman–Crippen MR) is 88.1 cm³/mol. The number of nitrogens with one attached hydrogen (secondary N) is 1. The van der Waals surface area contributed by atoms with Gasteiger partial charge in [0.25, 0.3) is 0 Å². The molecule has 0 saturated heterocycles. The van der Waals surface area contributed by atoms with Crippen LogP contribution in [0.3, 0.4) is 0 Å². The third-order valence-corrected chi connectivity index (χ3v) is 3.35. The molecule has 0 fully saturated rings. The minimum absolute atomic E-state index is 0.265. The summed E-state index contributed by atoms with van der Waals surface area (Å²) in [5.74, 6) is 5.97. The fourth-order valence-corrected chi connectivity index (χ4v) is 1.99. The minimum Gasteiger partial charge on any atom is -0.445 e. The Morgan fingerprint density at radius 1 is 1.23 bits per heavy atom. The Kier molecular flexibility index (Phi) is 6.46. The number of alkyl carbamates (subject to hydrolysis) is 1. The first-order valence-corrected chi connectivity index (χ1v) is 7.59. The van der Waals surface area contributed by atoms with E-state index in [0.29, 0.717) is 13.0 Å². The molecule has 5 heteroatoms. The third kappa shape index (κ3) is 5.58. The number of carbonyl (C=O) groups is 1. The summed E-state index contributed by atoms with van der Waals surface area (Å²) in [6.07, 6.45) is 1.80. The molecule has 0 bridgehead atoms. The molecule has 0 aliphatic carbocycles. The van der Waals surface area contributed by atoms with E-state index in [9.17, 15) is 4.79 Å². The van der Waals surface area contributed by atoms with Gasteiger partial charge in [-0.15, -0.1) is 0 Å². The van der Waals surface area contributed by atoms with Crippen LogP contribution in [0, 0.1) is 11.8 Å². The Morgan fingerprint density at radius 2 is 2.05 bits per heavy atom. The maximum absolute atomic E-state index is 11.5. The first-order chi connectivity index (χ1) is 10.8. The number of benzene rings is 1. The fourth-order valence-electron chi connectivity index (χ4n) is 1.64. The first-order valence-electron chi connectivity index (χ1n) is 6.79. The molecule has 22 heavy (non-hydrogen) atoms. The summed E-state index contributed by atoms with van der Waals surface area (Å²) in [5.41, 5.74) is 1.79. The summed E-state index contributed by atoms with van der Waals surface area (Å²) in [6, 6.07) is 13.3. The number of halogens is 1. The van der Waals surface area contributed by atoms with Crippen LogP contribution in [0.2, 0.25) is 0 Å². The molecule has 0 unspecified atom stereocenters. The lowest BCUT2D eigenvalue weighted by Crippen LogP contribution is -2.24. The van der Waals surface area contributed by atoms with Crippen LogP contribution >= 0.6 is 15.9 Å². The van der Waals surface area contributed by atoms with E-state index in [4.69, 9.17) is 4.74 Å². The van der Waals surface area contributed by atoms with Crippen LogP contribution in [0.4, 0.5) is 4.79 Å². The zero-order valence-corrected chi connectivity index (χ0v) is 13.5. The summed E-state index contributed by atoms with van der Waals surface area (Å²) >= 11 is 3.33. The van der Waals surface area contributed by atoms with Crippen molar-refractivity contribution in [2.75, 3.05) is 6.54 Å². The van der Waals surface area contributed by atoms with Crippen LogP contribution < -0.4 is 5.32 Å². The highest BCUT2D eigenvalue weighted by molar-refractivity contribution is 9.10. The van der Waals surface area contributed by atoms with Gasteiger partial charge in [-0.25, -0.2) is 9.78 Å². The van der Waals surface area contributed by atoms with Crippen molar-refractivity contribution in [2.45, 2.75) is 13.0 Å². The number of amides is 1. The molecule has 1 aromatic carbocycles. The number of carbonyl (C=O) groups excluding carboxylic acids is 1. The van der Waals surface area contributed by atoms with Gasteiger partial charge < -0.3 is 10.1 Å². The van der Waals surface area contributed by atoms with E-state index in [1.807, 2.05) is 42.5 Å². The van der Waals surface area contributed by atoms with Crippen LogP contribution in [0.1, 0.15) is 17.5 Å². The van der Waals surface area contributed by atoms with Crippen molar-refractivity contribution in [3.63, 3.8) is 0 Å². The highest BCUT2D eigenvalue weighted by atomic mass is 79.9. The Bertz CT molecular complexity index is 678. The maximum atomic E-state index is 11.5. The van der Waals surface area contributed by atoms with Crippen molar-refractivity contribution in [2.24, 2.45) is 0 Å². The molecular formula is C17H15BrN2O2. The van der Waals surface area contributed by atoms with E-state index in [2.05, 4.69) is 38.1 Å². The van der Waals surface area contributed by atoms with Gasteiger partial charge in [-0.1, -0.05) is 42.2 Å². The molecule has 4 nitrogen and oxygen atoms in total. The Labute approximate surface area is 138 Å². The van der Waals surface area contributed by atoms with Gasteiger partial charge in [0, 0.05) is 19.2 Å². The smallest absolute Gasteiger partial charge is 0.407 e. The number of nitrogens with zero attached hydrogens (tertiary/aromatic N) is 1. The number of rotatable bonds is 4. The molecule has 0 saturated carbocycles. The largest absolute Gasteiger partial charge is 0.445 e. The van der Waals surface area contributed by atoms with Gasteiger partial charge >= 0.3 is 6.09 Å². The number of hydrogen-bond donors (Lipinski definition) is 1. The number of hydrogen-bond acceptors (Lipinski definition) is 3. The van der Waals surface area contributed by atoms with Gasteiger partial charge in [-0.2, -0.15) is 0 Å². The fraction of sp³-hybridized carbons (Fsp3) is 0.176. The second kappa shape index (κ2) is 8.85. The number of pyridine rings is 1. The molecule has 1 amide bonds. The topological polar surface area (TPSA) is 51.2 Å². The normalized spacial score (nSPS) is 9.50. The van der Waals surface area contributed by atoms with E-state index in [-0.39, 0.29) is 6.61 Å². The second-order valence-corrected chi connectivity index (χ2v) is 5.13. The van der Waals surface area contributed by atoms with Gasteiger partial charge in [0.1, 0.15) is 11.2 Å². The summed E-state index contributed by atoms with van der Waals surface area (Å²) < 4.78 is 5.82. The van der Waals surface area contributed by atoms with Crippen molar-refractivity contribution in [1.29, 1.82) is 0 Å². The molecule has 0 aliphatic heterocycles. The van der Waals surface area contributed by atoms with Crippen LogP contribution in [0.5, 0.6) is 0 Å². The lowest BCUT2D eigenvalue weighted by Gasteiger charge is -2.05. The molecule has 0 atom stereocenters. The molecule has 0 aliphatic rings. The lowest BCUT2D eigenvalue weighted by molar-refractivity contribution is 0.140. The maximum Gasteiger partial charge on any atom is 0.407 e. The molecule has 1 aromatic heterocycles. The molecule has 2 rings (SSSR count). The van der Waals surface area contributed by atoms with Gasteiger partial charge in [0.2, 0.25) is 0 Å². The first kappa shape index (κ1) is 16.1. The average Bonchev–Trinajstić information content (AvgIpc) is 2.55. The van der Waals surface area contributed by atoms with E-state index in [1.54, 1.807) is 6.20 Å². The monoisotopic (exact) mass is 358 g/mol. The van der Waals surface area contributed by atoms with Crippen molar-refractivity contribution < 1.29 is 9.53 Å². The van der Waals surface area contributed by atoms with E-state index in [0.717, 1.165) is 15.7 Å². The van der Waals surface area contributed by atoms with Crippen molar-refractivity contribution in [3.05, 3.63) is 64.4 Å². The van der Waals surface area contributed by atoms with Crippen LogP contribution in [-0.4, -0.2) is 17.6 Å². The Hall–Kier alpha value is -2.32. The van der Waals surface area contributed by atoms with Gasteiger partial charge in [0.05, 0.1) is 5.56 Å². The Morgan fingerprint density at radius 3 is 2.82 bits per heavy atom. The summed E-state index contributed by atoms with van der Waals surface area (Å²) in [6.45, 7) is 0.708. The quantitative estimate of drug-likeness (QED) is 0.516. The predicted octanol–water partition coefficient (Wildman–Crippen LogP) is 3.51. The highest BCUT2D eigenvalue weighted by Gasteiger charge is 2.00.